The predicted molar refractivity (Wildman–Crippen MR) is 77.8 cm³/mol. The molecule has 1 aliphatic rings. The number of aliphatic hydroxyl groups excluding tert-OH is 1. The minimum Gasteiger partial charge on any atom is -0.392 e. The molecule has 1 aliphatic carbocycles. The molecule has 0 aromatic rings. The Hall–Kier alpha value is -0.730. The van der Waals surface area contributed by atoms with Crippen molar-refractivity contribution in [3.8, 4) is 6.07 Å². The van der Waals surface area contributed by atoms with Crippen molar-refractivity contribution in [2.45, 2.75) is 69.3 Å². The van der Waals surface area contributed by atoms with E-state index in [1.807, 2.05) is 6.92 Å². The topological polar surface area (TPSA) is 73.1 Å². The van der Waals surface area contributed by atoms with Crippen LogP contribution in [0, 0.1) is 11.3 Å². The number of amides is 1. The number of thioether (sulfide) groups is 1. The van der Waals surface area contributed by atoms with E-state index in [1.54, 1.807) is 6.92 Å². The maximum absolute atomic E-state index is 11.9. The Morgan fingerprint density at radius 1 is 1.37 bits per heavy atom. The minimum absolute atomic E-state index is 0.0259. The van der Waals surface area contributed by atoms with Crippen molar-refractivity contribution in [1.82, 2.24) is 5.32 Å². The van der Waals surface area contributed by atoms with Crippen molar-refractivity contribution in [3.63, 3.8) is 0 Å². The fourth-order valence-corrected chi connectivity index (χ4v) is 3.01. The highest BCUT2D eigenvalue weighted by molar-refractivity contribution is 8.00. The molecule has 1 saturated carbocycles. The first-order valence-corrected chi connectivity index (χ1v) is 8.06. The molecule has 2 unspecified atom stereocenters. The van der Waals surface area contributed by atoms with E-state index in [0.717, 1.165) is 38.5 Å². The summed E-state index contributed by atoms with van der Waals surface area (Å²) in [6.07, 6.45) is 5.38. The van der Waals surface area contributed by atoms with Gasteiger partial charge < -0.3 is 10.4 Å². The molecular weight excluding hydrogens is 260 g/mol. The van der Waals surface area contributed by atoms with Gasteiger partial charge in [0.05, 0.1) is 17.9 Å². The molecule has 0 aromatic heterocycles. The monoisotopic (exact) mass is 284 g/mol. The van der Waals surface area contributed by atoms with E-state index >= 15 is 0 Å². The highest BCUT2D eigenvalue weighted by Gasteiger charge is 2.32. The molecular formula is C14H24N2O2S. The Bertz CT molecular complexity index is 331. The van der Waals surface area contributed by atoms with Gasteiger partial charge in [0.25, 0.3) is 0 Å². The zero-order valence-corrected chi connectivity index (χ0v) is 12.6. The molecule has 0 spiro atoms. The summed E-state index contributed by atoms with van der Waals surface area (Å²) in [6.45, 7) is 3.62. The second kappa shape index (κ2) is 7.76. The Morgan fingerprint density at radius 2 is 1.95 bits per heavy atom. The summed E-state index contributed by atoms with van der Waals surface area (Å²) in [7, 11) is 0. The molecule has 0 saturated heterocycles. The number of carbonyl (C=O) groups is 1. The van der Waals surface area contributed by atoms with Crippen LogP contribution in [0.4, 0.5) is 0 Å². The summed E-state index contributed by atoms with van der Waals surface area (Å²) in [4.78, 5) is 11.9. The first kappa shape index (κ1) is 16.3. The first-order chi connectivity index (χ1) is 8.99. The number of aliphatic hydroxyl groups is 1. The molecule has 19 heavy (non-hydrogen) atoms. The molecule has 2 N–H and O–H groups in total. The Balaban J connectivity index is 2.47. The van der Waals surface area contributed by atoms with Gasteiger partial charge >= 0.3 is 0 Å². The summed E-state index contributed by atoms with van der Waals surface area (Å²) in [6, 6.07) is 2.31. The molecule has 0 heterocycles. The molecule has 0 aliphatic heterocycles. The average Bonchev–Trinajstić information content (AvgIpc) is 2.62. The van der Waals surface area contributed by atoms with Crippen LogP contribution in [-0.2, 0) is 4.79 Å². The largest absolute Gasteiger partial charge is 0.392 e. The summed E-state index contributed by atoms with van der Waals surface area (Å²) in [5.74, 6) is 0.205. The van der Waals surface area contributed by atoms with Crippen molar-refractivity contribution < 1.29 is 9.90 Å². The summed E-state index contributed by atoms with van der Waals surface area (Å²) >= 11 is 1.42. The smallest absolute Gasteiger partial charge is 0.231 e. The van der Waals surface area contributed by atoms with E-state index in [0.29, 0.717) is 5.75 Å². The minimum atomic E-state index is -0.664. The average molecular weight is 284 g/mol. The van der Waals surface area contributed by atoms with Gasteiger partial charge in [0.15, 0.2) is 0 Å². The quantitative estimate of drug-likeness (QED) is 0.759. The number of hydrogen-bond acceptors (Lipinski definition) is 4. The van der Waals surface area contributed by atoms with E-state index in [-0.39, 0.29) is 11.2 Å². The zero-order chi connectivity index (χ0) is 14.3. The van der Waals surface area contributed by atoms with Gasteiger partial charge in [0.1, 0.15) is 5.54 Å². The predicted octanol–water partition coefficient (Wildman–Crippen LogP) is 2.22. The van der Waals surface area contributed by atoms with Crippen LogP contribution in [0.15, 0.2) is 0 Å². The normalized spacial score (nSPS) is 21.8. The molecule has 4 nitrogen and oxygen atoms in total. The summed E-state index contributed by atoms with van der Waals surface area (Å²) in [5.41, 5.74) is -0.664. The van der Waals surface area contributed by atoms with Crippen molar-refractivity contribution in [2.24, 2.45) is 0 Å². The molecule has 0 radical (unpaired) electrons. The molecule has 1 fully saturated rings. The number of hydrogen-bond donors (Lipinski definition) is 2. The number of rotatable bonds is 5. The standard InChI is InChI=1S/C14H24N2O2S/c1-11(17)12(2)19-9-13(18)16-14(10-15)7-5-3-4-6-8-14/h11-12,17H,3-9H2,1-2H3,(H,16,18). The molecule has 5 heteroatoms. The van der Waals surface area contributed by atoms with Gasteiger partial charge in [-0.3, -0.25) is 4.79 Å². The van der Waals surface area contributed by atoms with Crippen LogP contribution >= 0.6 is 11.8 Å². The van der Waals surface area contributed by atoms with Crippen LogP contribution in [0.5, 0.6) is 0 Å². The molecule has 1 rings (SSSR count). The second-order valence-corrected chi connectivity index (χ2v) is 6.78. The number of nitrogens with zero attached hydrogens (tertiary/aromatic N) is 1. The van der Waals surface area contributed by atoms with Gasteiger partial charge in [-0.2, -0.15) is 5.26 Å². The SMILES string of the molecule is CC(O)C(C)SCC(=O)NC1(C#N)CCCCCC1. The molecule has 108 valence electrons. The third-order valence-electron chi connectivity index (χ3n) is 3.71. The van der Waals surface area contributed by atoms with Crippen LogP contribution in [0.25, 0.3) is 0 Å². The lowest BCUT2D eigenvalue weighted by Gasteiger charge is -2.26. The Kier molecular flexibility index (Phi) is 6.67. The first-order valence-electron chi connectivity index (χ1n) is 7.01. The second-order valence-electron chi connectivity index (χ2n) is 5.41. The van der Waals surface area contributed by atoms with Gasteiger partial charge in [0, 0.05) is 5.25 Å². The highest BCUT2D eigenvalue weighted by Crippen LogP contribution is 2.26. The van der Waals surface area contributed by atoms with Crippen LogP contribution in [0.1, 0.15) is 52.4 Å². The van der Waals surface area contributed by atoms with Gasteiger partial charge in [0.2, 0.25) is 5.91 Å². The third-order valence-corrected chi connectivity index (χ3v) is 5.06. The van der Waals surface area contributed by atoms with E-state index in [1.165, 1.54) is 11.8 Å². The van der Waals surface area contributed by atoms with E-state index in [9.17, 15) is 15.2 Å². The zero-order valence-electron chi connectivity index (χ0n) is 11.8. The fourth-order valence-electron chi connectivity index (χ4n) is 2.25. The molecule has 0 aromatic carbocycles. The van der Waals surface area contributed by atoms with Gasteiger partial charge in [-0.1, -0.05) is 32.6 Å². The van der Waals surface area contributed by atoms with Crippen molar-refractivity contribution >= 4 is 17.7 Å². The number of nitrogens with one attached hydrogen (secondary N) is 1. The van der Waals surface area contributed by atoms with Crippen molar-refractivity contribution in [3.05, 3.63) is 0 Å². The lowest BCUT2D eigenvalue weighted by atomic mass is 9.92. The Labute approximate surface area is 119 Å². The summed E-state index contributed by atoms with van der Waals surface area (Å²) in [5, 5.41) is 21.7. The number of nitriles is 1. The van der Waals surface area contributed by atoms with Crippen molar-refractivity contribution in [1.29, 1.82) is 5.26 Å². The van der Waals surface area contributed by atoms with Crippen LogP contribution < -0.4 is 5.32 Å². The van der Waals surface area contributed by atoms with Crippen LogP contribution in [0.2, 0.25) is 0 Å². The summed E-state index contributed by atoms with van der Waals surface area (Å²) < 4.78 is 0. The molecule has 1 amide bonds. The van der Waals surface area contributed by atoms with Gasteiger partial charge in [-0.05, 0) is 19.8 Å². The van der Waals surface area contributed by atoms with Crippen molar-refractivity contribution in [2.75, 3.05) is 5.75 Å². The Morgan fingerprint density at radius 3 is 2.42 bits per heavy atom. The molecule has 0 bridgehead atoms. The van der Waals surface area contributed by atoms with E-state index in [4.69, 9.17) is 0 Å². The third kappa shape index (κ3) is 5.42. The maximum atomic E-state index is 11.9. The number of carbonyl (C=O) groups excluding carboxylic acids is 1. The van der Waals surface area contributed by atoms with Gasteiger partial charge in [-0.25, -0.2) is 0 Å². The lowest BCUT2D eigenvalue weighted by Crippen LogP contribution is -2.48. The molecule has 2 atom stereocenters. The van der Waals surface area contributed by atoms with E-state index in [2.05, 4.69) is 11.4 Å². The van der Waals surface area contributed by atoms with Crippen LogP contribution in [0.3, 0.4) is 0 Å². The van der Waals surface area contributed by atoms with E-state index < -0.39 is 11.6 Å². The van der Waals surface area contributed by atoms with Crippen LogP contribution in [-0.4, -0.2) is 33.7 Å². The fraction of sp³-hybridized carbons (Fsp3) is 0.857. The lowest BCUT2D eigenvalue weighted by molar-refractivity contribution is -0.120. The maximum Gasteiger partial charge on any atom is 0.231 e. The van der Waals surface area contributed by atoms with Gasteiger partial charge in [-0.15, -0.1) is 11.8 Å². The highest BCUT2D eigenvalue weighted by atomic mass is 32.2.